The fourth-order valence-electron chi connectivity index (χ4n) is 22.4. The fourth-order valence-corrected chi connectivity index (χ4v) is 22.4. The Hall–Kier alpha value is -20.5. The third-order valence-electron chi connectivity index (χ3n) is 29.4. The maximum Gasteiger partial charge on any atom is 0.137 e. The summed E-state index contributed by atoms with van der Waals surface area (Å²) in [5.41, 5.74) is 31.0. The Kier molecular flexibility index (Phi) is 19.3. The summed E-state index contributed by atoms with van der Waals surface area (Å²) in [6.45, 7) is 0. The molecule has 0 amide bonds. The molecule has 149 heavy (non-hydrogen) atoms. The van der Waals surface area contributed by atoms with E-state index in [1.165, 1.54) is 21.5 Å². The third kappa shape index (κ3) is 14.0. The molecule has 0 bridgehead atoms. The zero-order valence-corrected chi connectivity index (χ0v) is 79.7. The number of benzene rings is 19. The van der Waals surface area contributed by atoms with Gasteiger partial charge in [0.25, 0.3) is 0 Å². The highest BCUT2D eigenvalue weighted by Gasteiger charge is 2.27. The molecule has 0 fully saturated rings. The van der Waals surface area contributed by atoms with E-state index in [4.69, 9.17) is 49.8 Å². The highest BCUT2D eigenvalue weighted by atomic mass is 15.0. The summed E-state index contributed by atoms with van der Waals surface area (Å²) in [5, 5.41) is 24.8. The Morgan fingerprint density at radius 1 is 0.141 bits per heavy atom. The standard InChI is InChI=1S/2C46H27N5.C41H24N6/c1-2-11-30-25-32(16-15-28(30)9-1)43-42(48-40-22-19-29-10-3-4-12-34(29)44(40)50-43)33-18-21-36-38(27-33)37-26-31(39-13-5-7-23-47-39)17-20-35(37)45-46(36)51-24-8-6-14-41(51)49-45;1-2-11-30-25-32(16-15-28(30)9-1)42-43(50-44-34-12-4-3-10-29(34)19-22-40(44)48-42)33-18-21-36-38(27-33)37-26-31(39-13-5-7-23-47-39)17-20-35(37)45-46(36)51-24-8-6-14-41(51)49-45;1-2-10-28-25(9-1)16-19-35-38(28)46-37(40(44-35)34-12-4-7-21-43-34)27-15-18-30-32(24-27)31-23-26(33-11-3-6-20-42-33)14-17-29(31)39-41(30)47-22-8-5-13-36(47)45-39/h2*1-27H;1-24H. The molecule has 19 aromatic carbocycles. The first-order valence-corrected chi connectivity index (χ1v) is 49.9. The van der Waals surface area contributed by atoms with Crippen molar-refractivity contribution in [3.8, 4) is 101 Å². The molecule has 32 rings (SSSR count). The van der Waals surface area contributed by atoms with Crippen LogP contribution in [0.15, 0.2) is 474 Å². The number of hydrogen-bond donors (Lipinski definition) is 0. The molecule has 690 valence electrons. The van der Waals surface area contributed by atoms with Crippen LogP contribution in [0, 0.1) is 0 Å². The van der Waals surface area contributed by atoms with Crippen molar-refractivity contribution in [2.75, 3.05) is 0 Å². The van der Waals surface area contributed by atoms with Gasteiger partial charge < -0.3 is 0 Å². The summed E-state index contributed by atoms with van der Waals surface area (Å²) in [6.07, 6.45) is 13.6. The van der Waals surface area contributed by atoms with E-state index in [-0.39, 0.29) is 0 Å². The van der Waals surface area contributed by atoms with Crippen LogP contribution in [0.25, 0.3) is 303 Å². The van der Waals surface area contributed by atoms with Gasteiger partial charge in [0.15, 0.2) is 0 Å². The van der Waals surface area contributed by atoms with Crippen molar-refractivity contribution in [3.05, 3.63) is 474 Å². The van der Waals surface area contributed by atoms with Crippen LogP contribution in [0.5, 0.6) is 0 Å². The summed E-state index contributed by atoms with van der Waals surface area (Å²) < 4.78 is 6.58. The van der Waals surface area contributed by atoms with E-state index in [0.717, 1.165) is 282 Å². The number of fused-ring (bicyclic) bond motifs is 35. The largest absolute Gasteiger partial charge is 0.299 e. The molecule has 0 unspecified atom stereocenters. The molecule has 0 radical (unpaired) electrons. The number of nitrogens with zero attached hydrogens (tertiary/aromatic N) is 16. The second-order valence-corrected chi connectivity index (χ2v) is 38.0. The first-order chi connectivity index (χ1) is 73.8. The average molecular weight is 1900 g/mol. The lowest BCUT2D eigenvalue weighted by molar-refractivity contribution is 1.23. The van der Waals surface area contributed by atoms with Crippen LogP contribution in [0.1, 0.15) is 0 Å². The maximum absolute atomic E-state index is 5.49. The minimum absolute atomic E-state index is 0.752. The Labute approximate surface area is 849 Å². The second kappa shape index (κ2) is 34.1. The number of imidazole rings is 3. The maximum atomic E-state index is 5.49. The van der Waals surface area contributed by atoms with E-state index in [1.807, 2.05) is 97.5 Å². The van der Waals surface area contributed by atoms with E-state index >= 15 is 0 Å². The Balaban J connectivity index is 0.000000103. The molecule has 0 saturated heterocycles. The van der Waals surface area contributed by atoms with Gasteiger partial charge in [-0.1, -0.05) is 279 Å². The van der Waals surface area contributed by atoms with Gasteiger partial charge in [0.2, 0.25) is 0 Å². The monoisotopic (exact) mass is 1900 g/mol. The summed E-state index contributed by atoms with van der Waals surface area (Å²) in [6, 6.07) is 150. The SMILES string of the molecule is c1ccc(-c2ccc3c(c2)c2cc(-c4nc5c(ccc6ccccc65)nc4-c4ccc5ccccc5c4)ccc2c2c3nc3ccccn32)nc1.c1ccc(-c2ccc3c(c2)c2cc(-c4nc5c(ccc6ccccc65)nc4-c4ccccn4)ccc2c2c3nc3ccccn32)nc1.c1ccc(-c2ccc3c(c2)c2cc(-c4nc5ccc6ccccc6c5nc4-c4ccc5ccccc5c4)ccc2c2c3nc3ccccn32)nc1. The predicted octanol–water partition coefficient (Wildman–Crippen LogP) is 32.6. The third-order valence-corrected chi connectivity index (χ3v) is 29.4. The molecule has 0 spiro atoms. The fraction of sp³-hybridized carbons (Fsp3) is 0. The van der Waals surface area contributed by atoms with Crippen LogP contribution in [0.2, 0.25) is 0 Å². The number of rotatable bonds is 9. The molecular weight excluding hydrogens is 1820 g/mol. The topological polar surface area (TPSA) is 181 Å². The first-order valence-electron chi connectivity index (χ1n) is 49.9. The zero-order chi connectivity index (χ0) is 97.8. The quantitative estimate of drug-likeness (QED) is 0.125. The van der Waals surface area contributed by atoms with Crippen LogP contribution in [-0.4, -0.2) is 78.0 Å². The highest BCUT2D eigenvalue weighted by Crippen LogP contribution is 2.48. The van der Waals surface area contributed by atoms with Crippen molar-refractivity contribution in [2.24, 2.45) is 0 Å². The van der Waals surface area contributed by atoms with Gasteiger partial charge in [0, 0.05) is 136 Å². The molecule has 0 aliphatic heterocycles. The molecule has 0 aliphatic rings. The summed E-state index contributed by atoms with van der Waals surface area (Å²) in [5.74, 6) is 0. The molecule has 32 aromatic rings. The van der Waals surface area contributed by atoms with Crippen molar-refractivity contribution in [1.29, 1.82) is 0 Å². The van der Waals surface area contributed by atoms with Gasteiger partial charge in [0.1, 0.15) is 22.6 Å². The van der Waals surface area contributed by atoms with E-state index < -0.39 is 0 Å². The summed E-state index contributed by atoms with van der Waals surface area (Å²) in [7, 11) is 0. The van der Waals surface area contributed by atoms with Crippen molar-refractivity contribution in [1.82, 2.24) is 78.0 Å². The molecule has 0 saturated carbocycles. The van der Waals surface area contributed by atoms with Crippen LogP contribution < -0.4 is 0 Å². The molecule has 16 heteroatoms. The summed E-state index contributed by atoms with van der Waals surface area (Å²) >= 11 is 0. The van der Waals surface area contributed by atoms with Gasteiger partial charge in [-0.05, 0) is 222 Å². The number of hydrogen-bond acceptors (Lipinski definition) is 13. The van der Waals surface area contributed by atoms with Gasteiger partial charge >= 0.3 is 0 Å². The van der Waals surface area contributed by atoms with E-state index in [1.54, 1.807) is 6.20 Å². The van der Waals surface area contributed by atoms with Crippen molar-refractivity contribution < 1.29 is 0 Å². The van der Waals surface area contributed by atoms with Crippen LogP contribution in [0.4, 0.5) is 0 Å². The highest BCUT2D eigenvalue weighted by molar-refractivity contribution is 6.29. The number of aromatic nitrogens is 16. The first kappa shape index (κ1) is 84.2. The molecular formula is C133H78N16. The lowest BCUT2D eigenvalue weighted by Crippen LogP contribution is -1.98. The van der Waals surface area contributed by atoms with Crippen LogP contribution >= 0.6 is 0 Å². The molecule has 13 aromatic heterocycles. The van der Waals surface area contributed by atoms with Gasteiger partial charge in [-0.3, -0.25) is 33.1 Å². The van der Waals surface area contributed by atoms with Crippen LogP contribution in [0.3, 0.4) is 0 Å². The molecule has 0 N–H and O–H groups in total. The number of pyridine rings is 7. The normalized spacial score (nSPS) is 11.9. The lowest BCUT2D eigenvalue weighted by atomic mass is 9.94. The Morgan fingerprint density at radius 3 is 0.745 bits per heavy atom. The van der Waals surface area contributed by atoms with Crippen LogP contribution in [-0.2, 0) is 0 Å². The van der Waals surface area contributed by atoms with Gasteiger partial charge in [0.05, 0.1) is 117 Å². The van der Waals surface area contributed by atoms with Gasteiger partial charge in [-0.25, -0.2) is 44.9 Å². The van der Waals surface area contributed by atoms with Gasteiger partial charge in [-0.15, -0.1) is 0 Å². The smallest absolute Gasteiger partial charge is 0.137 e. The summed E-state index contributed by atoms with van der Waals surface area (Å²) in [4.78, 5) is 66.4. The van der Waals surface area contributed by atoms with Crippen molar-refractivity contribution in [3.63, 3.8) is 0 Å². The van der Waals surface area contributed by atoms with Gasteiger partial charge in [-0.2, -0.15) is 0 Å². The molecule has 16 nitrogen and oxygen atoms in total. The van der Waals surface area contributed by atoms with E-state index in [0.29, 0.717) is 0 Å². The van der Waals surface area contributed by atoms with E-state index in [9.17, 15) is 0 Å². The molecule has 13 heterocycles. The minimum Gasteiger partial charge on any atom is -0.299 e. The Morgan fingerprint density at radius 2 is 0.396 bits per heavy atom. The van der Waals surface area contributed by atoms with E-state index in [2.05, 4.69) is 399 Å². The Bertz CT molecular complexity index is 11200. The average Bonchev–Trinajstić information content (AvgIpc) is 1.61. The lowest BCUT2D eigenvalue weighted by Gasteiger charge is -2.15. The molecule has 0 atom stereocenters. The van der Waals surface area contributed by atoms with Crippen molar-refractivity contribution in [2.45, 2.75) is 0 Å². The van der Waals surface area contributed by atoms with Crippen molar-refractivity contribution >= 4 is 202 Å². The molecule has 0 aliphatic carbocycles. The second-order valence-electron chi connectivity index (χ2n) is 38.0. The predicted molar refractivity (Wildman–Crippen MR) is 610 cm³/mol. The zero-order valence-electron chi connectivity index (χ0n) is 79.7. The minimum atomic E-state index is 0.752.